The zero-order chi connectivity index (χ0) is 10.7. The molecule has 0 radical (unpaired) electrons. The molecule has 1 saturated heterocycles. The maximum Gasteiger partial charge on any atom is 0.179 e. The van der Waals surface area contributed by atoms with Gasteiger partial charge in [0, 0.05) is 0 Å². The van der Waals surface area contributed by atoms with Gasteiger partial charge in [0.15, 0.2) is 11.6 Å². The van der Waals surface area contributed by atoms with Crippen molar-refractivity contribution in [2.45, 2.75) is 18.9 Å². The number of hydrogen-bond acceptors (Lipinski definition) is 2. The summed E-state index contributed by atoms with van der Waals surface area (Å²) in [5.74, 6) is 0.0345. The fourth-order valence-electron chi connectivity index (χ4n) is 1.67. The minimum Gasteiger partial charge on any atom is -0.487 e. The van der Waals surface area contributed by atoms with Gasteiger partial charge in [-0.25, -0.2) is 4.39 Å². The maximum absolute atomic E-state index is 13.6. The smallest absolute Gasteiger partial charge is 0.179 e. The van der Waals surface area contributed by atoms with E-state index in [1.54, 1.807) is 18.2 Å². The van der Waals surface area contributed by atoms with E-state index in [0.29, 0.717) is 10.2 Å². The van der Waals surface area contributed by atoms with Gasteiger partial charge in [-0.2, -0.15) is 0 Å². The first-order chi connectivity index (χ1) is 7.27. The molecule has 1 heterocycles. The van der Waals surface area contributed by atoms with Gasteiger partial charge in [-0.3, -0.25) is 0 Å². The second-order valence-electron chi connectivity index (χ2n) is 3.62. The Bertz CT molecular complexity index is 339. The fourth-order valence-corrected chi connectivity index (χ4v) is 2.02. The molecule has 2 nitrogen and oxygen atoms in total. The molecule has 0 atom stereocenters. The Labute approximate surface area is 96.9 Å². The van der Waals surface area contributed by atoms with E-state index in [4.69, 9.17) is 4.74 Å². The molecule has 1 aromatic rings. The largest absolute Gasteiger partial charge is 0.487 e. The predicted octanol–water partition coefficient (Wildman–Crippen LogP) is 2.72. The molecule has 1 aliphatic rings. The van der Waals surface area contributed by atoms with Crippen molar-refractivity contribution in [1.29, 1.82) is 0 Å². The lowest BCUT2D eigenvalue weighted by Gasteiger charge is -2.24. The van der Waals surface area contributed by atoms with E-state index < -0.39 is 0 Å². The van der Waals surface area contributed by atoms with Crippen LogP contribution in [0.25, 0.3) is 0 Å². The van der Waals surface area contributed by atoms with Crippen LogP contribution in [-0.2, 0) is 0 Å². The van der Waals surface area contributed by atoms with Gasteiger partial charge in [-0.05, 0) is 54.0 Å². The van der Waals surface area contributed by atoms with E-state index in [2.05, 4.69) is 21.2 Å². The minimum absolute atomic E-state index is 0.134. The minimum atomic E-state index is -0.309. The first-order valence-corrected chi connectivity index (χ1v) is 5.88. The third kappa shape index (κ3) is 2.69. The van der Waals surface area contributed by atoms with Crippen molar-refractivity contribution in [2.24, 2.45) is 0 Å². The molecular weight excluding hydrogens is 261 g/mol. The normalized spacial score (nSPS) is 17.7. The van der Waals surface area contributed by atoms with Crippen LogP contribution in [0.5, 0.6) is 5.75 Å². The van der Waals surface area contributed by atoms with E-state index >= 15 is 0 Å². The zero-order valence-corrected chi connectivity index (χ0v) is 9.89. The summed E-state index contributed by atoms with van der Waals surface area (Å²) in [6, 6.07) is 5.12. The summed E-state index contributed by atoms with van der Waals surface area (Å²) in [6.45, 7) is 1.89. The first kappa shape index (κ1) is 10.9. The quantitative estimate of drug-likeness (QED) is 0.895. The number of hydrogen-bond donors (Lipinski definition) is 1. The lowest BCUT2D eigenvalue weighted by molar-refractivity contribution is 0.155. The summed E-state index contributed by atoms with van der Waals surface area (Å²) in [7, 11) is 0. The zero-order valence-electron chi connectivity index (χ0n) is 8.30. The molecule has 82 valence electrons. The lowest BCUT2D eigenvalue weighted by atomic mass is 10.1. The third-order valence-electron chi connectivity index (χ3n) is 2.50. The molecular formula is C11H13BrFNO. The van der Waals surface area contributed by atoms with Crippen LogP contribution >= 0.6 is 15.9 Å². The Kier molecular flexibility index (Phi) is 3.59. The average molecular weight is 274 g/mol. The summed E-state index contributed by atoms with van der Waals surface area (Å²) in [5.41, 5.74) is 0. The van der Waals surface area contributed by atoms with Crippen molar-refractivity contribution < 1.29 is 9.13 Å². The predicted molar refractivity (Wildman–Crippen MR) is 60.6 cm³/mol. The first-order valence-electron chi connectivity index (χ1n) is 5.09. The van der Waals surface area contributed by atoms with Crippen LogP contribution in [-0.4, -0.2) is 19.2 Å². The van der Waals surface area contributed by atoms with Gasteiger partial charge in [-0.1, -0.05) is 6.07 Å². The van der Waals surface area contributed by atoms with E-state index in [1.165, 1.54) is 0 Å². The SMILES string of the molecule is Fc1c(Br)cccc1OC1CCNCC1. The van der Waals surface area contributed by atoms with Crippen LogP contribution in [0, 0.1) is 5.82 Å². The molecule has 0 saturated carbocycles. The highest BCUT2D eigenvalue weighted by molar-refractivity contribution is 9.10. The van der Waals surface area contributed by atoms with Crippen LogP contribution in [0.3, 0.4) is 0 Å². The molecule has 0 unspecified atom stereocenters. The summed E-state index contributed by atoms with van der Waals surface area (Å²) in [4.78, 5) is 0. The van der Waals surface area contributed by atoms with Gasteiger partial charge >= 0.3 is 0 Å². The number of benzene rings is 1. The molecule has 1 N–H and O–H groups in total. The van der Waals surface area contributed by atoms with E-state index in [-0.39, 0.29) is 11.9 Å². The summed E-state index contributed by atoms with van der Waals surface area (Å²) < 4.78 is 19.6. The van der Waals surface area contributed by atoms with Crippen LogP contribution in [0.4, 0.5) is 4.39 Å². The molecule has 1 fully saturated rings. The number of halogens is 2. The molecule has 0 aromatic heterocycles. The van der Waals surface area contributed by atoms with Crippen LogP contribution < -0.4 is 10.1 Å². The van der Waals surface area contributed by atoms with Crippen LogP contribution in [0.1, 0.15) is 12.8 Å². The Morgan fingerprint density at radius 2 is 2.07 bits per heavy atom. The molecule has 0 bridgehead atoms. The lowest BCUT2D eigenvalue weighted by Crippen LogP contribution is -2.34. The van der Waals surface area contributed by atoms with Gasteiger partial charge in [-0.15, -0.1) is 0 Å². The summed E-state index contributed by atoms with van der Waals surface area (Å²) in [5, 5.41) is 3.24. The molecule has 1 aromatic carbocycles. The highest BCUT2D eigenvalue weighted by Gasteiger charge is 2.16. The Morgan fingerprint density at radius 1 is 1.33 bits per heavy atom. The molecule has 15 heavy (non-hydrogen) atoms. The fraction of sp³-hybridized carbons (Fsp3) is 0.455. The topological polar surface area (TPSA) is 21.3 Å². The Morgan fingerprint density at radius 3 is 2.80 bits per heavy atom. The third-order valence-corrected chi connectivity index (χ3v) is 3.11. The highest BCUT2D eigenvalue weighted by Crippen LogP contribution is 2.26. The Hall–Kier alpha value is -0.610. The monoisotopic (exact) mass is 273 g/mol. The van der Waals surface area contributed by atoms with Crippen molar-refractivity contribution in [2.75, 3.05) is 13.1 Å². The van der Waals surface area contributed by atoms with Crippen molar-refractivity contribution in [3.05, 3.63) is 28.5 Å². The van der Waals surface area contributed by atoms with Gasteiger partial charge in [0.2, 0.25) is 0 Å². The van der Waals surface area contributed by atoms with Crippen molar-refractivity contribution in [3.8, 4) is 5.75 Å². The molecule has 4 heteroatoms. The van der Waals surface area contributed by atoms with Crippen LogP contribution in [0.15, 0.2) is 22.7 Å². The average Bonchev–Trinajstić information content (AvgIpc) is 2.26. The molecule has 1 aliphatic heterocycles. The van der Waals surface area contributed by atoms with Gasteiger partial charge in [0.25, 0.3) is 0 Å². The van der Waals surface area contributed by atoms with E-state index in [1.807, 2.05) is 0 Å². The standard InChI is InChI=1S/C11H13BrFNO/c12-9-2-1-3-10(11(9)13)15-8-4-6-14-7-5-8/h1-3,8,14H,4-7H2. The molecule has 2 rings (SSSR count). The maximum atomic E-state index is 13.6. The Balaban J connectivity index is 2.06. The van der Waals surface area contributed by atoms with Crippen molar-refractivity contribution in [1.82, 2.24) is 5.32 Å². The molecule has 0 spiro atoms. The van der Waals surface area contributed by atoms with Gasteiger partial charge in [0.05, 0.1) is 4.47 Å². The van der Waals surface area contributed by atoms with Gasteiger partial charge < -0.3 is 10.1 Å². The second-order valence-corrected chi connectivity index (χ2v) is 4.47. The summed E-state index contributed by atoms with van der Waals surface area (Å²) >= 11 is 3.14. The van der Waals surface area contributed by atoms with Crippen molar-refractivity contribution >= 4 is 15.9 Å². The molecule has 0 amide bonds. The number of piperidine rings is 1. The van der Waals surface area contributed by atoms with E-state index in [9.17, 15) is 4.39 Å². The summed E-state index contributed by atoms with van der Waals surface area (Å²) in [6.07, 6.45) is 2.01. The van der Waals surface area contributed by atoms with Gasteiger partial charge in [0.1, 0.15) is 6.10 Å². The molecule has 0 aliphatic carbocycles. The number of ether oxygens (including phenoxy) is 1. The number of nitrogens with one attached hydrogen (secondary N) is 1. The van der Waals surface area contributed by atoms with Crippen molar-refractivity contribution in [3.63, 3.8) is 0 Å². The number of rotatable bonds is 2. The second kappa shape index (κ2) is 4.94. The highest BCUT2D eigenvalue weighted by atomic mass is 79.9. The van der Waals surface area contributed by atoms with E-state index in [0.717, 1.165) is 25.9 Å². The van der Waals surface area contributed by atoms with Crippen LogP contribution in [0.2, 0.25) is 0 Å².